The van der Waals surface area contributed by atoms with Gasteiger partial charge < -0.3 is 10.8 Å². The van der Waals surface area contributed by atoms with Crippen LogP contribution in [-0.4, -0.2) is 21.0 Å². The van der Waals surface area contributed by atoms with Gasteiger partial charge in [-0.3, -0.25) is 0 Å². The van der Waals surface area contributed by atoms with Crippen LogP contribution in [0, 0.1) is 0 Å². The van der Waals surface area contributed by atoms with E-state index in [1.165, 1.54) is 6.07 Å². The quantitative estimate of drug-likeness (QED) is 0.319. The molecule has 0 amide bonds. The highest BCUT2D eigenvalue weighted by molar-refractivity contribution is 6.11. The fraction of sp³-hybridized carbons (Fsp3) is 0. The second-order valence-corrected chi connectivity index (χ2v) is 5.08. The van der Waals surface area contributed by atoms with Gasteiger partial charge in [0.1, 0.15) is 5.52 Å². The summed E-state index contributed by atoms with van der Waals surface area (Å²) >= 11 is 0. The van der Waals surface area contributed by atoms with E-state index in [1.54, 1.807) is 12.1 Å². The Bertz CT molecular complexity index is 1070. The average molecular weight is 289 g/mol. The third-order valence-electron chi connectivity index (χ3n) is 3.76. The topological polar surface area (TPSA) is 89.1 Å². The summed E-state index contributed by atoms with van der Waals surface area (Å²) in [5.41, 5.74) is 9.13. The first-order valence-corrected chi connectivity index (χ1v) is 6.76. The van der Waals surface area contributed by atoms with E-state index in [-0.39, 0.29) is 5.56 Å². The molecule has 5 nitrogen and oxygen atoms in total. The van der Waals surface area contributed by atoms with Crippen molar-refractivity contribution in [3.63, 3.8) is 0 Å². The molecule has 0 aliphatic heterocycles. The van der Waals surface area contributed by atoms with Crippen molar-refractivity contribution in [1.29, 1.82) is 0 Å². The third kappa shape index (κ3) is 1.69. The van der Waals surface area contributed by atoms with Gasteiger partial charge in [0.05, 0.1) is 22.1 Å². The first-order valence-electron chi connectivity index (χ1n) is 6.76. The molecule has 0 saturated heterocycles. The zero-order chi connectivity index (χ0) is 15.3. The summed E-state index contributed by atoms with van der Waals surface area (Å²) in [6, 6.07) is 14.3. The lowest BCUT2D eigenvalue weighted by Gasteiger charge is -2.07. The van der Waals surface area contributed by atoms with Crippen LogP contribution in [0.1, 0.15) is 10.4 Å². The number of hydrogen-bond donors (Lipinski definition) is 2. The number of aromatic carboxylic acids is 1. The Balaban J connectivity index is 2.23. The second kappa shape index (κ2) is 4.39. The number of fused-ring (bicyclic) bond motifs is 4. The number of carboxylic acids is 1. The average Bonchev–Trinajstić information content (AvgIpc) is 2.52. The van der Waals surface area contributed by atoms with Gasteiger partial charge in [0.15, 0.2) is 0 Å². The Hall–Kier alpha value is -3.21. The molecule has 0 aliphatic rings. The standard InChI is InChI=1S/C17H11N3O2/c18-12-5-1-3-10-9(12)7-8-14-15(10)20-16-11(17(21)22)4-2-6-13(16)19-14/h1-8H,18H2,(H,21,22). The van der Waals surface area contributed by atoms with Crippen molar-refractivity contribution in [3.05, 3.63) is 54.1 Å². The Labute approximate surface area is 125 Å². The van der Waals surface area contributed by atoms with Gasteiger partial charge in [-0.25, -0.2) is 14.8 Å². The van der Waals surface area contributed by atoms with Gasteiger partial charge >= 0.3 is 5.97 Å². The minimum Gasteiger partial charge on any atom is -0.478 e. The summed E-state index contributed by atoms with van der Waals surface area (Å²) in [4.78, 5) is 20.5. The number of hydrogen-bond acceptors (Lipinski definition) is 4. The zero-order valence-corrected chi connectivity index (χ0v) is 11.4. The van der Waals surface area contributed by atoms with Gasteiger partial charge in [-0.1, -0.05) is 24.3 Å². The minimum atomic E-state index is -1.01. The molecule has 0 atom stereocenters. The Morgan fingerprint density at radius 3 is 2.45 bits per heavy atom. The predicted octanol–water partition coefficient (Wildman–Crippen LogP) is 3.22. The highest BCUT2D eigenvalue weighted by Gasteiger charge is 2.13. The second-order valence-electron chi connectivity index (χ2n) is 5.08. The summed E-state index contributed by atoms with van der Waals surface area (Å²) < 4.78 is 0. The lowest BCUT2D eigenvalue weighted by molar-refractivity contribution is 0.0699. The Morgan fingerprint density at radius 2 is 1.64 bits per heavy atom. The summed E-state index contributed by atoms with van der Waals surface area (Å²) in [5.74, 6) is -1.01. The number of benzene rings is 3. The van der Waals surface area contributed by atoms with Crippen LogP contribution in [0.15, 0.2) is 48.5 Å². The number of nitrogens with two attached hydrogens (primary N) is 1. The fourth-order valence-corrected chi connectivity index (χ4v) is 2.72. The summed E-state index contributed by atoms with van der Waals surface area (Å²) in [6.45, 7) is 0. The summed E-state index contributed by atoms with van der Waals surface area (Å²) in [5, 5.41) is 11.1. The smallest absolute Gasteiger partial charge is 0.337 e. The van der Waals surface area contributed by atoms with Crippen molar-refractivity contribution in [2.24, 2.45) is 0 Å². The molecule has 0 bridgehead atoms. The highest BCUT2D eigenvalue weighted by atomic mass is 16.4. The van der Waals surface area contributed by atoms with E-state index in [0.29, 0.717) is 27.8 Å². The van der Waals surface area contributed by atoms with Crippen LogP contribution < -0.4 is 5.73 Å². The number of aromatic nitrogens is 2. The van der Waals surface area contributed by atoms with E-state index < -0.39 is 5.97 Å². The van der Waals surface area contributed by atoms with Crippen molar-refractivity contribution < 1.29 is 9.90 Å². The van der Waals surface area contributed by atoms with E-state index in [9.17, 15) is 9.90 Å². The summed E-state index contributed by atoms with van der Waals surface area (Å²) in [6.07, 6.45) is 0. The van der Waals surface area contributed by atoms with E-state index in [0.717, 1.165) is 10.8 Å². The van der Waals surface area contributed by atoms with Crippen LogP contribution in [-0.2, 0) is 0 Å². The van der Waals surface area contributed by atoms with E-state index in [2.05, 4.69) is 9.97 Å². The molecule has 3 aromatic carbocycles. The van der Waals surface area contributed by atoms with Crippen LogP contribution >= 0.6 is 0 Å². The Morgan fingerprint density at radius 1 is 0.864 bits per heavy atom. The molecule has 0 radical (unpaired) electrons. The number of para-hydroxylation sites is 1. The zero-order valence-electron chi connectivity index (χ0n) is 11.4. The maximum absolute atomic E-state index is 11.4. The van der Waals surface area contributed by atoms with Crippen LogP contribution in [0.5, 0.6) is 0 Å². The van der Waals surface area contributed by atoms with Gasteiger partial charge in [0.25, 0.3) is 0 Å². The first kappa shape index (κ1) is 12.5. The summed E-state index contributed by atoms with van der Waals surface area (Å²) in [7, 11) is 0. The van der Waals surface area contributed by atoms with E-state index >= 15 is 0 Å². The maximum atomic E-state index is 11.4. The van der Waals surface area contributed by atoms with Crippen molar-refractivity contribution in [2.75, 3.05) is 5.73 Å². The lowest BCUT2D eigenvalue weighted by atomic mass is 10.1. The molecule has 4 rings (SSSR count). The Kier molecular flexibility index (Phi) is 2.50. The van der Waals surface area contributed by atoms with Gasteiger partial charge in [-0.15, -0.1) is 0 Å². The van der Waals surface area contributed by atoms with Crippen molar-refractivity contribution in [2.45, 2.75) is 0 Å². The van der Waals surface area contributed by atoms with Crippen molar-refractivity contribution in [1.82, 2.24) is 9.97 Å². The van der Waals surface area contributed by atoms with Crippen LogP contribution in [0.25, 0.3) is 32.8 Å². The molecule has 5 heteroatoms. The molecule has 4 aromatic rings. The first-order chi connectivity index (χ1) is 10.6. The molecule has 0 fully saturated rings. The third-order valence-corrected chi connectivity index (χ3v) is 3.76. The molecule has 0 saturated carbocycles. The van der Waals surface area contributed by atoms with E-state index in [4.69, 9.17) is 5.73 Å². The highest BCUT2D eigenvalue weighted by Crippen LogP contribution is 2.28. The molecule has 0 spiro atoms. The molecule has 3 N–H and O–H groups in total. The minimum absolute atomic E-state index is 0.146. The van der Waals surface area contributed by atoms with Gasteiger partial charge in [-0.2, -0.15) is 0 Å². The van der Waals surface area contributed by atoms with Gasteiger partial charge in [-0.05, 0) is 24.3 Å². The van der Waals surface area contributed by atoms with E-state index in [1.807, 2.05) is 30.3 Å². The normalized spacial score (nSPS) is 11.3. The number of nitrogen functional groups attached to an aromatic ring is 1. The predicted molar refractivity (Wildman–Crippen MR) is 85.9 cm³/mol. The number of nitrogens with zero attached hydrogens (tertiary/aromatic N) is 2. The molecule has 22 heavy (non-hydrogen) atoms. The molecular weight excluding hydrogens is 278 g/mol. The monoisotopic (exact) mass is 289 g/mol. The number of rotatable bonds is 1. The SMILES string of the molecule is Nc1cccc2c1ccc1nc3cccc(C(=O)O)c3nc12. The lowest BCUT2D eigenvalue weighted by Crippen LogP contribution is -2.00. The number of anilines is 1. The largest absolute Gasteiger partial charge is 0.478 e. The van der Waals surface area contributed by atoms with Crippen LogP contribution in [0.3, 0.4) is 0 Å². The van der Waals surface area contributed by atoms with Crippen LogP contribution in [0.2, 0.25) is 0 Å². The number of carbonyl (C=O) groups is 1. The molecule has 1 heterocycles. The molecule has 0 aliphatic carbocycles. The van der Waals surface area contributed by atoms with Gasteiger partial charge in [0.2, 0.25) is 0 Å². The fourth-order valence-electron chi connectivity index (χ4n) is 2.72. The molecule has 0 unspecified atom stereocenters. The molecule has 1 aromatic heterocycles. The maximum Gasteiger partial charge on any atom is 0.337 e. The number of carboxylic acid groups (broad SMARTS) is 1. The van der Waals surface area contributed by atoms with Crippen molar-refractivity contribution >= 4 is 44.5 Å². The van der Waals surface area contributed by atoms with Gasteiger partial charge in [0, 0.05) is 16.5 Å². The molecule has 106 valence electrons. The molecular formula is C17H11N3O2. The van der Waals surface area contributed by atoms with Crippen molar-refractivity contribution in [3.8, 4) is 0 Å². The van der Waals surface area contributed by atoms with Crippen LogP contribution in [0.4, 0.5) is 5.69 Å².